The van der Waals surface area contributed by atoms with Crippen LogP contribution < -0.4 is 39.4 Å². The zero-order chi connectivity index (χ0) is 14.0. The van der Waals surface area contributed by atoms with Gasteiger partial charge in [0, 0.05) is 17.2 Å². The molecule has 0 bridgehead atoms. The first kappa shape index (κ1) is 16.5. The third kappa shape index (κ3) is 3.30. The van der Waals surface area contributed by atoms with Crippen LogP contribution in [0.4, 0.5) is 4.39 Å². The summed E-state index contributed by atoms with van der Waals surface area (Å²) in [5.74, 6) is -2.06. The minimum Gasteiger partial charge on any atom is -0.545 e. The molecule has 20 heavy (non-hydrogen) atoms. The van der Waals surface area contributed by atoms with Crippen LogP contribution in [-0.4, -0.2) is 18.2 Å². The number of aromatic carboxylic acids is 1. The normalized spacial score (nSPS) is 9.70. The monoisotopic (exact) mass is 284 g/mol. The number of methoxy groups -OCH3 is 1. The number of carboxylic acids is 1. The molecule has 0 aromatic heterocycles. The van der Waals surface area contributed by atoms with Gasteiger partial charge in [-0.2, -0.15) is 0 Å². The molecule has 0 amide bonds. The van der Waals surface area contributed by atoms with Gasteiger partial charge in [-0.25, -0.2) is 4.39 Å². The Morgan fingerprint density at radius 2 is 1.95 bits per heavy atom. The number of carboxylic acid groups (broad SMARTS) is 1. The van der Waals surface area contributed by atoms with Gasteiger partial charge in [0.05, 0.1) is 13.1 Å². The molecule has 98 valence electrons. The average molecular weight is 284 g/mol. The van der Waals surface area contributed by atoms with Crippen LogP contribution in [0.1, 0.15) is 10.4 Å². The van der Waals surface area contributed by atoms with E-state index in [1.807, 2.05) is 0 Å². The van der Waals surface area contributed by atoms with Crippen molar-refractivity contribution >= 4 is 5.97 Å². The Kier molecular flexibility index (Phi) is 5.56. The van der Waals surface area contributed by atoms with Crippen LogP contribution in [0.25, 0.3) is 11.1 Å². The second-order valence-corrected chi connectivity index (χ2v) is 3.86. The van der Waals surface area contributed by atoms with Crippen molar-refractivity contribution in [3.05, 3.63) is 47.8 Å². The summed E-state index contributed by atoms with van der Waals surface area (Å²) in [6.45, 7) is 0. The van der Waals surface area contributed by atoms with E-state index in [9.17, 15) is 19.4 Å². The van der Waals surface area contributed by atoms with E-state index in [2.05, 4.69) is 0 Å². The molecule has 0 aliphatic carbocycles. The Hall–Kier alpha value is -1.56. The summed E-state index contributed by atoms with van der Waals surface area (Å²) in [5, 5.41) is 20.3. The second-order valence-electron chi connectivity index (χ2n) is 3.86. The summed E-state index contributed by atoms with van der Waals surface area (Å²) >= 11 is 0. The van der Waals surface area contributed by atoms with Gasteiger partial charge in [0.15, 0.2) is 0 Å². The first-order valence-electron chi connectivity index (χ1n) is 5.41. The van der Waals surface area contributed by atoms with Crippen LogP contribution in [-0.2, 0) is 0 Å². The maximum Gasteiger partial charge on any atom is 1.00 e. The Labute approximate surface area is 137 Å². The van der Waals surface area contributed by atoms with Crippen molar-refractivity contribution in [3.8, 4) is 22.6 Å². The summed E-state index contributed by atoms with van der Waals surface area (Å²) in [6.07, 6.45) is 0. The number of hydrogen-bond acceptors (Lipinski definition) is 4. The van der Waals surface area contributed by atoms with E-state index in [1.165, 1.54) is 43.5 Å². The number of hydrogen-bond donors (Lipinski definition) is 1. The summed E-state index contributed by atoms with van der Waals surface area (Å²) in [6, 6.07) is 7.91. The fourth-order valence-electron chi connectivity index (χ4n) is 1.77. The first-order valence-corrected chi connectivity index (χ1v) is 5.41. The molecule has 6 heteroatoms. The van der Waals surface area contributed by atoms with Crippen LogP contribution in [0.3, 0.4) is 0 Å². The molecule has 2 rings (SSSR count). The van der Waals surface area contributed by atoms with Crippen molar-refractivity contribution < 1.29 is 53.7 Å². The zero-order valence-electron chi connectivity index (χ0n) is 11.0. The van der Waals surface area contributed by atoms with E-state index < -0.39 is 11.8 Å². The first-order chi connectivity index (χ1) is 9.02. The van der Waals surface area contributed by atoms with E-state index in [-0.39, 0.29) is 46.6 Å². The van der Waals surface area contributed by atoms with Crippen molar-refractivity contribution in [1.29, 1.82) is 0 Å². The number of ether oxygens (including phenoxy) is 1. The number of carbonyl (C=O) groups excluding carboxylic acids is 1. The van der Waals surface area contributed by atoms with Gasteiger partial charge in [0.25, 0.3) is 0 Å². The van der Waals surface area contributed by atoms with Gasteiger partial charge in [0.1, 0.15) is 17.3 Å². The fraction of sp³-hybridized carbons (Fsp3) is 0.0714. The maximum absolute atomic E-state index is 13.1. The number of aromatic hydroxyl groups is 1. The van der Waals surface area contributed by atoms with Crippen LogP contribution in [0.15, 0.2) is 36.4 Å². The fourth-order valence-corrected chi connectivity index (χ4v) is 1.77. The Morgan fingerprint density at radius 3 is 2.55 bits per heavy atom. The van der Waals surface area contributed by atoms with Crippen molar-refractivity contribution in [2.24, 2.45) is 0 Å². The smallest absolute Gasteiger partial charge is 0.545 e. The van der Waals surface area contributed by atoms with Crippen molar-refractivity contribution in [2.45, 2.75) is 0 Å². The van der Waals surface area contributed by atoms with Crippen molar-refractivity contribution in [1.82, 2.24) is 0 Å². The summed E-state index contributed by atoms with van der Waals surface area (Å²) in [5.41, 5.74) is 0.670. The van der Waals surface area contributed by atoms with Gasteiger partial charge >= 0.3 is 29.6 Å². The molecule has 2 aromatic carbocycles. The zero-order valence-corrected chi connectivity index (χ0v) is 13.0. The molecule has 0 fully saturated rings. The van der Waals surface area contributed by atoms with Gasteiger partial charge < -0.3 is 19.7 Å². The summed E-state index contributed by atoms with van der Waals surface area (Å²) in [7, 11) is 1.39. The molecule has 0 saturated carbocycles. The van der Waals surface area contributed by atoms with Crippen LogP contribution in [0, 0.1) is 5.82 Å². The minimum atomic E-state index is -1.49. The molecule has 0 unspecified atom stereocenters. The largest absolute Gasteiger partial charge is 1.00 e. The molecule has 0 aliphatic heterocycles. The number of rotatable bonds is 3. The quantitative estimate of drug-likeness (QED) is 0.702. The van der Waals surface area contributed by atoms with Gasteiger partial charge in [-0.05, 0) is 29.8 Å². The van der Waals surface area contributed by atoms with E-state index in [0.29, 0.717) is 11.1 Å². The summed E-state index contributed by atoms with van der Waals surface area (Å²) < 4.78 is 18.1. The molecule has 0 aliphatic rings. The predicted molar refractivity (Wildman–Crippen MR) is 64.4 cm³/mol. The molecule has 0 radical (unpaired) electrons. The molecular formula is C14H10FNaO4. The van der Waals surface area contributed by atoms with Gasteiger partial charge in [-0.15, -0.1) is 0 Å². The molecule has 0 saturated heterocycles. The van der Waals surface area contributed by atoms with Gasteiger partial charge in [-0.3, -0.25) is 0 Å². The Bertz CT molecular complexity index is 643. The van der Waals surface area contributed by atoms with Crippen LogP contribution in [0.5, 0.6) is 11.5 Å². The molecule has 4 nitrogen and oxygen atoms in total. The van der Waals surface area contributed by atoms with Crippen molar-refractivity contribution in [2.75, 3.05) is 7.11 Å². The number of halogens is 1. The molecule has 0 atom stereocenters. The van der Waals surface area contributed by atoms with Crippen molar-refractivity contribution in [3.63, 3.8) is 0 Å². The molecular weight excluding hydrogens is 274 g/mol. The van der Waals surface area contributed by atoms with E-state index in [0.717, 1.165) is 0 Å². The van der Waals surface area contributed by atoms with E-state index >= 15 is 0 Å². The van der Waals surface area contributed by atoms with E-state index in [1.54, 1.807) is 0 Å². The van der Waals surface area contributed by atoms with Crippen LogP contribution in [0.2, 0.25) is 0 Å². The average Bonchev–Trinajstić information content (AvgIpc) is 2.39. The summed E-state index contributed by atoms with van der Waals surface area (Å²) in [4.78, 5) is 10.9. The second kappa shape index (κ2) is 6.74. The predicted octanol–water partition coefficient (Wildman–Crippen LogP) is -1.43. The topological polar surface area (TPSA) is 69.6 Å². The number of phenols is 1. The molecule has 1 N–H and O–H groups in total. The molecule has 0 heterocycles. The molecule has 2 aromatic rings. The SMILES string of the molecule is COc1cc(F)ccc1-c1ccc(O)c(C(=O)[O-])c1.[Na+]. The number of carbonyl (C=O) groups is 1. The van der Waals surface area contributed by atoms with Gasteiger partial charge in [-0.1, -0.05) is 6.07 Å². The maximum atomic E-state index is 13.1. The Morgan fingerprint density at radius 1 is 1.25 bits per heavy atom. The molecule has 0 spiro atoms. The third-order valence-corrected chi connectivity index (χ3v) is 2.69. The number of benzene rings is 2. The minimum absolute atomic E-state index is 0. The van der Waals surface area contributed by atoms with Crippen LogP contribution >= 0.6 is 0 Å². The third-order valence-electron chi connectivity index (χ3n) is 2.69. The van der Waals surface area contributed by atoms with Gasteiger partial charge in [0.2, 0.25) is 0 Å². The Balaban J connectivity index is 0.00000200. The standard InChI is InChI=1S/C14H11FO4.Na/c1-19-13-7-9(15)3-4-10(13)8-2-5-12(16)11(6-8)14(17)18;/h2-7,16H,1H3,(H,17,18);/q;+1/p-1. The van der Waals surface area contributed by atoms with E-state index in [4.69, 9.17) is 4.74 Å².